The van der Waals surface area contributed by atoms with E-state index in [1.165, 1.54) is 12.3 Å². The maximum atomic E-state index is 10.6. The molecule has 0 heterocycles. The molecule has 4 heteroatoms. The molecule has 1 atom stereocenters. The van der Waals surface area contributed by atoms with E-state index in [-0.39, 0.29) is 11.9 Å². The molecule has 0 fully saturated rings. The van der Waals surface area contributed by atoms with E-state index in [4.69, 9.17) is 5.11 Å². The fourth-order valence-corrected chi connectivity index (χ4v) is 1.44. The average Bonchev–Trinajstić information content (AvgIpc) is 2.40. The highest BCUT2D eigenvalue weighted by molar-refractivity contribution is 5.71. The van der Waals surface area contributed by atoms with E-state index in [1.54, 1.807) is 0 Å². The molecule has 0 bridgehead atoms. The Bertz CT molecular complexity index is 282. The lowest BCUT2D eigenvalue weighted by Crippen LogP contribution is -2.09. The highest BCUT2D eigenvalue weighted by Crippen LogP contribution is 2.08. The van der Waals surface area contributed by atoms with Crippen LogP contribution in [0.1, 0.15) is 58.8 Å². The summed E-state index contributed by atoms with van der Waals surface area (Å²) in [5, 5.41) is 8.53. The predicted molar refractivity (Wildman–Crippen MR) is 81.3 cm³/mol. The van der Waals surface area contributed by atoms with Crippen LogP contribution in [0.15, 0.2) is 25.5 Å². The Kier molecular flexibility index (Phi) is 16.0. The smallest absolute Gasteiger partial charge is 0.310 e. The van der Waals surface area contributed by atoms with Crippen molar-refractivity contribution in [2.24, 2.45) is 5.92 Å². The van der Waals surface area contributed by atoms with Crippen LogP contribution in [0.25, 0.3) is 0 Å². The first-order chi connectivity index (χ1) is 9.53. The number of carbonyl (C=O) groups excluding carboxylic acids is 1. The summed E-state index contributed by atoms with van der Waals surface area (Å²) in [7, 11) is 0. The number of hydrogen-bond acceptors (Lipinski definition) is 3. The van der Waals surface area contributed by atoms with Crippen molar-refractivity contribution >= 4 is 11.9 Å². The van der Waals surface area contributed by atoms with Gasteiger partial charge in [0.1, 0.15) is 0 Å². The second-order valence-electron chi connectivity index (χ2n) is 4.44. The van der Waals surface area contributed by atoms with Crippen molar-refractivity contribution in [2.45, 2.75) is 58.8 Å². The fraction of sp³-hybridized carbons (Fsp3) is 0.625. The van der Waals surface area contributed by atoms with Gasteiger partial charge >= 0.3 is 11.9 Å². The molecule has 0 saturated carbocycles. The highest BCUT2D eigenvalue weighted by atomic mass is 16.5. The van der Waals surface area contributed by atoms with Gasteiger partial charge in [0.15, 0.2) is 0 Å². The van der Waals surface area contributed by atoms with Gasteiger partial charge in [0.25, 0.3) is 0 Å². The minimum absolute atomic E-state index is 0.177. The van der Waals surface area contributed by atoms with E-state index >= 15 is 0 Å². The SMILES string of the molecule is C=CC(CCCC)C(=O)O.C=COC(=O)CCCCC. The fourth-order valence-electron chi connectivity index (χ4n) is 1.44. The Labute approximate surface area is 122 Å². The third-order valence-corrected chi connectivity index (χ3v) is 2.67. The van der Waals surface area contributed by atoms with Crippen molar-refractivity contribution in [3.63, 3.8) is 0 Å². The number of carboxylic acid groups (broad SMARTS) is 1. The number of aliphatic carboxylic acids is 1. The summed E-state index contributed by atoms with van der Waals surface area (Å²) in [6.45, 7) is 10.9. The van der Waals surface area contributed by atoms with Crippen molar-refractivity contribution in [1.82, 2.24) is 0 Å². The van der Waals surface area contributed by atoms with Gasteiger partial charge in [-0.2, -0.15) is 0 Å². The minimum Gasteiger partial charge on any atom is -0.481 e. The molecule has 0 aliphatic rings. The molecule has 1 N–H and O–H groups in total. The number of esters is 1. The number of ether oxygens (including phenoxy) is 1. The zero-order valence-corrected chi connectivity index (χ0v) is 12.8. The van der Waals surface area contributed by atoms with Crippen molar-refractivity contribution in [1.29, 1.82) is 0 Å². The molecule has 0 aromatic rings. The van der Waals surface area contributed by atoms with Gasteiger partial charge in [-0.3, -0.25) is 9.59 Å². The maximum Gasteiger partial charge on any atom is 0.310 e. The first-order valence-corrected chi connectivity index (χ1v) is 7.19. The summed E-state index contributed by atoms with van der Waals surface area (Å²) in [6, 6.07) is 0. The topological polar surface area (TPSA) is 63.6 Å². The van der Waals surface area contributed by atoms with E-state index in [1.807, 2.05) is 6.92 Å². The standard InChI is InChI=1S/2C8H14O2/c1-3-5-6-7-8(9)10-4-2;1-3-5-6-7(4-2)8(9)10/h4H,2-3,5-7H2,1H3;4,7H,2-3,5-6H2,1H3,(H,9,10). The Morgan fingerprint density at radius 1 is 1.15 bits per heavy atom. The van der Waals surface area contributed by atoms with Gasteiger partial charge < -0.3 is 9.84 Å². The molecule has 0 saturated heterocycles. The summed E-state index contributed by atoms with van der Waals surface area (Å²) in [4.78, 5) is 21.0. The molecule has 0 aromatic carbocycles. The van der Waals surface area contributed by atoms with Gasteiger partial charge in [-0.15, -0.1) is 6.58 Å². The molecule has 0 rings (SSSR count). The minimum atomic E-state index is -0.761. The van der Waals surface area contributed by atoms with Crippen molar-refractivity contribution in [3.05, 3.63) is 25.5 Å². The molecule has 0 aromatic heterocycles. The number of rotatable bonds is 10. The van der Waals surface area contributed by atoms with Gasteiger partial charge in [-0.1, -0.05) is 52.2 Å². The Morgan fingerprint density at radius 3 is 2.15 bits per heavy atom. The normalized spacial score (nSPS) is 10.7. The third-order valence-electron chi connectivity index (χ3n) is 2.67. The van der Waals surface area contributed by atoms with E-state index in [2.05, 4.69) is 24.8 Å². The number of hydrogen-bond donors (Lipinski definition) is 1. The zero-order valence-electron chi connectivity index (χ0n) is 12.8. The number of carbonyl (C=O) groups is 2. The summed E-state index contributed by atoms with van der Waals surface area (Å²) in [5.74, 6) is -1.29. The lowest BCUT2D eigenvalue weighted by molar-refractivity contribution is -0.140. The van der Waals surface area contributed by atoms with E-state index in [0.29, 0.717) is 6.42 Å². The third kappa shape index (κ3) is 14.5. The van der Waals surface area contributed by atoms with Crippen LogP contribution in [0.2, 0.25) is 0 Å². The van der Waals surface area contributed by atoms with Crippen molar-refractivity contribution in [3.8, 4) is 0 Å². The molecular formula is C16H28O4. The second kappa shape index (κ2) is 15.5. The van der Waals surface area contributed by atoms with Gasteiger partial charge in [-0.05, 0) is 12.8 Å². The molecule has 0 aliphatic carbocycles. The predicted octanol–water partition coefficient (Wildman–Crippen LogP) is 4.32. The van der Waals surface area contributed by atoms with Crippen LogP contribution in [-0.4, -0.2) is 17.0 Å². The van der Waals surface area contributed by atoms with Crippen molar-refractivity contribution in [2.75, 3.05) is 0 Å². The molecular weight excluding hydrogens is 256 g/mol. The average molecular weight is 284 g/mol. The van der Waals surface area contributed by atoms with Crippen LogP contribution in [0.5, 0.6) is 0 Å². The monoisotopic (exact) mass is 284 g/mol. The Hall–Kier alpha value is -1.58. The van der Waals surface area contributed by atoms with Gasteiger partial charge in [0.05, 0.1) is 12.2 Å². The molecule has 4 nitrogen and oxygen atoms in total. The van der Waals surface area contributed by atoms with Crippen LogP contribution >= 0.6 is 0 Å². The van der Waals surface area contributed by atoms with Crippen LogP contribution in [0.4, 0.5) is 0 Å². The molecule has 116 valence electrons. The largest absolute Gasteiger partial charge is 0.481 e. The number of unbranched alkanes of at least 4 members (excludes halogenated alkanes) is 3. The maximum absolute atomic E-state index is 10.6. The van der Waals surface area contributed by atoms with Crippen molar-refractivity contribution < 1.29 is 19.4 Å². The van der Waals surface area contributed by atoms with E-state index in [0.717, 1.165) is 38.5 Å². The summed E-state index contributed by atoms with van der Waals surface area (Å²) >= 11 is 0. The molecule has 20 heavy (non-hydrogen) atoms. The Morgan fingerprint density at radius 2 is 1.75 bits per heavy atom. The quantitative estimate of drug-likeness (QED) is 0.281. The molecule has 0 spiro atoms. The van der Waals surface area contributed by atoms with Crippen LogP contribution < -0.4 is 0 Å². The molecule has 0 aliphatic heterocycles. The lowest BCUT2D eigenvalue weighted by atomic mass is 10.0. The van der Waals surface area contributed by atoms with Crippen LogP contribution in [-0.2, 0) is 14.3 Å². The summed E-state index contributed by atoms with van der Waals surface area (Å²) in [6.07, 6.45) is 9.04. The Balaban J connectivity index is 0. The molecule has 0 radical (unpaired) electrons. The van der Waals surface area contributed by atoms with Crippen LogP contribution in [0.3, 0.4) is 0 Å². The van der Waals surface area contributed by atoms with E-state index in [9.17, 15) is 9.59 Å². The summed E-state index contributed by atoms with van der Waals surface area (Å²) < 4.78 is 4.51. The van der Waals surface area contributed by atoms with Gasteiger partial charge in [0, 0.05) is 6.42 Å². The van der Waals surface area contributed by atoms with Gasteiger partial charge in [0.2, 0.25) is 0 Å². The zero-order chi connectivity index (χ0) is 15.8. The second-order valence-corrected chi connectivity index (χ2v) is 4.44. The lowest BCUT2D eigenvalue weighted by Gasteiger charge is -2.03. The molecule has 1 unspecified atom stereocenters. The van der Waals surface area contributed by atoms with Crippen LogP contribution in [0, 0.1) is 5.92 Å². The molecule has 0 amide bonds. The summed E-state index contributed by atoms with van der Waals surface area (Å²) in [5.41, 5.74) is 0. The first-order valence-electron chi connectivity index (χ1n) is 7.19. The van der Waals surface area contributed by atoms with Gasteiger partial charge in [-0.25, -0.2) is 0 Å². The van der Waals surface area contributed by atoms with E-state index < -0.39 is 5.97 Å². The highest BCUT2D eigenvalue weighted by Gasteiger charge is 2.10. The number of carboxylic acids is 1. The first kappa shape index (κ1) is 20.7.